The van der Waals surface area contributed by atoms with E-state index in [1.165, 1.54) is 26.4 Å². The average molecular weight is 577 g/mol. The fourth-order valence-electron chi connectivity index (χ4n) is 6.39. The van der Waals surface area contributed by atoms with Crippen LogP contribution in [0, 0.1) is 18.3 Å². The Balaban J connectivity index is 1.50. The van der Waals surface area contributed by atoms with E-state index >= 15 is 0 Å². The molecule has 4 aromatic rings. The molecule has 1 atom stereocenters. The highest BCUT2D eigenvalue weighted by Crippen LogP contribution is 2.44. The van der Waals surface area contributed by atoms with Gasteiger partial charge in [0, 0.05) is 30.4 Å². The Labute approximate surface area is 247 Å². The number of likely N-dealkylation sites (tertiary alicyclic amines) is 1. The number of carbonyl (C=O) groups is 1. The number of ether oxygens (including phenoxy) is 1. The van der Waals surface area contributed by atoms with Crippen LogP contribution < -0.4 is 0 Å². The topological polar surface area (TPSA) is 78.1 Å². The van der Waals surface area contributed by atoms with Crippen LogP contribution in [0.25, 0.3) is 11.0 Å². The molecule has 0 unspecified atom stereocenters. The summed E-state index contributed by atoms with van der Waals surface area (Å²) in [6, 6.07) is 10.2. The number of benzene rings is 2. The summed E-state index contributed by atoms with van der Waals surface area (Å²) in [7, 11) is 3.33. The molecule has 0 spiro atoms. The van der Waals surface area contributed by atoms with Crippen LogP contribution in [0.2, 0.25) is 5.02 Å². The minimum absolute atomic E-state index is 0.276. The van der Waals surface area contributed by atoms with Gasteiger partial charge >= 0.3 is 5.97 Å². The molecule has 218 valence electrons. The fraction of sp³-hybridized carbons (Fsp3) is 0.500. The largest absolute Gasteiger partial charge is 0.469 e. The SMILES string of the molecule is CCC1CCN(Cc2nccn2Cc2cc([C@@H](c3ccc4c(nnn4C)c3C)C(C)(C)C(=O)OC)ccc2Cl)CC1. The average Bonchev–Trinajstić information content (AvgIpc) is 3.57. The molecule has 1 fully saturated rings. The maximum absolute atomic E-state index is 13.2. The van der Waals surface area contributed by atoms with Gasteiger partial charge in [0.05, 0.1) is 31.1 Å². The van der Waals surface area contributed by atoms with E-state index in [4.69, 9.17) is 21.3 Å². The molecule has 41 heavy (non-hydrogen) atoms. The zero-order chi connectivity index (χ0) is 29.3. The Bertz CT molecular complexity index is 1530. The minimum Gasteiger partial charge on any atom is -0.469 e. The molecule has 3 heterocycles. The van der Waals surface area contributed by atoms with Crippen LogP contribution in [0.3, 0.4) is 0 Å². The molecule has 2 aromatic heterocycles. The van der Waals surface area contributed by atoms with Crippen molar-refractivity contribution in [3.8, 4) is 0 Å². The van der Waals surface area contributed by atoms with Gasteiger partial charge in [0.1, 0.15) is 11.3 Å². The Morgan fingerprint density at radius 3 is 2.63 bits per heavy atom. The predicted octanol–water partition coefficient (Wildman–Crippen LogP) is 6.13. The van der Waals surface area contributed by atoms with Crippen LogP contribution in [-0.2, 0) is 29.7 Å². The number of piperidine rings is 1. The highest BCUT2D eigenvalue weighted by molar-refractivity contribution is 6.31. The summed E-state index contributed by atoms with van der Waals surface area (Å²) in [5, 5.41) is 9.31. The van der Waals surface area contributed by atoms with E-state index in [1.54, 1.807) is 4.68 Å². The number of rotatable bonds is 9. The lowest BCUT2D eigenvalue weighted by molar-refractivity contribution is -0.151. The van der Waals surface area contributed by atoms with E-state index in [2.05, 4.69) is 38.8 Å². The molecule has 1 aliphatic heterocycles. The van der Waals surface area contributed by atoms with Gasteiger partial charge < -0.3 is 9.30 Å². The summed E-state index contributed by atoms with van der Waals surface area (Å²) in [5.74, 6) is 1.31. The monoisotopic (exact) mass is 576 g/mol. The molecular weight excluding hydrogens is 536 g/mol. The van der Waals surface area contributed by atoms with Crippen molar-refractivity contribution in [1.82, 2.24) is 29.4 Å². The first kappa shape index (κ1) is 29.3. The quantitative estimate of drug-likeness (QED) is 0.223. The zero-order valence-corrected chi connectivity index (χ0v) is 25.8. The minimum atomic E-state index is -0.856. The molecule has 1 saturated heterocycles. The summed E-state index contributed by atoms with van der Waals surface area (Å²) in [6.45, 7) is 11.9. The van der Waals surface area contributed by atoms with Gasteiger partial charge in [-0.15, -0.1) is 5.10 Å². The molecule has 0 bridgehead atoms. The first-order valence-electron chi connectivity index (χ1n) is 14.5. The lowest BCUT2D eigenvalue weighted by Crippen LogP contribution is -2.34. The smallest absolute Gasteiger partial charge is 0.312 e. The number of methoxy groups -OCH3 is 1. The van der Waals surface area contributed by atoms with E-state index in [0.717, 1.165) is 64.7 Å². The van der Waals surface area contributed by atoms with Crippen molar-refractivity contribution in [3.63, 3.8) is 0 Å². The normalized spacial score (nSPS) is 15.9. The van der Waals surface area contributed by atoms with Gasteiger partial charge in [-0.2, -0.15) is 0 Å². The second-order valence-electron chi connectivity index (χ2n) is 12.0. The zero-order valence-electron chi connectivity index (χ0n) is 25.0. The fourth-order valence-corrected chi connectivity index (χ4v) is 6.57. The number of aryl methyl sites for hydroxylation is 2. The summed E-state index contributed by atoms with van der Waals surface area (Å²) < 4.78 is 9.25. The van der Waals surface area contributed by atoms with Crippen molar-refractivity contribution in [2.24, 2.45) is 18.4 Å². The highest BCUT2D eigenvalue weighted by Gasteiger charge is 2.41. The number of esters is 1. The molecule has 0 amide bonds. The molecule has 0 N–H and O–H groups in total. The number of hydrogen-bond donors (Lipinski definition) is 0. The lowest BCUT2D eigenvalue weighted by atomic mass is 9.70. The van der Waals surface area contributed by atoms with Gasteiger partial charge in [0.25, 0.3) is 0 Å². The Morgan fingerprint density at radius 2 is 1.93 bits per heavy atom. The summed E-state index contributed by atoms with van der Waals surface area (Å²) in [5.41, 5.74) is 4.91. The van der Waals surface area contributed by atoms with Crippen LogP contribution in [0.15, 0.2) is 42.7 Å². The molecule has 0 saturated carbocycles. The van der Waals surface area contributed by atoms with Crippen LogP contribution in [-0.4, -0.2) is 55.6 Å². The summed E-state index contributed by atoms with van der Waals surface area (Å²) >= 11 is 6.80. The Hall–Kier alpha value is -3.23. The number of nitrogens with zero attached hydrogens (tertiary/aromatic N) is 6. The van der Waals surface area contributed by atoms with Crippen molar-refractivity contribution in [2.45, 2.75) is 66.0 Å². The first-order chi connectivity index (χ1) is 19.6. The number of halogens is 1. The van der Waals surface area contributed by atoms with Crippen molar-refractivity contribution in [2.75, 3.05) is 20.2 Å². The van der Waals surface area contributed by atoms with E-state index < -0.39 is 5.41 Å². The molecule has 5 rings (SSSR count). The van der Waals surface area contributed by atoms with Crippen molar-refractivity contribution in [1.29, 1.82) is 0 Å². The van der Waals surface area contributed by atoms with Gasteiger partial charge in [-0.1, -0.05) is 48.4 Å². The summed E-state index contributed by atoms with van der Waals surface area (Å²) in [4.78, 5) is 20.4. The standard InChI is InChI=1S/C32H41ClN6O2/c1-7-22-12-15-38(16-13-22)20-28-34-14-17-39(28)19-24-18-23(8-10-26(24)33)29(32(3,4)31(40)41-6)25-9-11-27-30(21(25)2)35-36-37(27)5/h8-11,14,17-18,22,29H,7,12-13,15-16,19-20H2,1-6H3/t29-/m0/s1. The first-order valence-corrected chi connectivity index (χ1v) is 14.9. The Morgan fingerprint density at radius 1 is 1.17 bits per heavy atom. The Kier molecular flexibility index (Phi) is 8.52. The van der Waals surface area contributed by atoms with E-state index in [1.807, 2.05) is 58.4 Å². The third kappa shape index (κ3) is 5.77. The molecule has 0 radical (unpaired) electrons. The number of carbonyl (C=O) groups excluding carboxylic acids is 1. The molecule has 8 nitrogen and oxygen atoms in total. The number of imidazole rings is 1. The van der Waals surface area contributed by atoms with Gasteiger partial charge in [-0.05, 0) is 87.0 Å². The molecule has 1 aliphatic rings. The van der Waals surface area contributed by atoms with Gasteiger partial charge in [0.2, 0.25) is 0 Å². The lowest BCUT2D eigenvalue weighted by Gasteiger charge is -2.34. The molecule has 2 aromatic carbocycles. The van der Waals surface area contributed by atoms with Crippen LogP contribution >= 0.6 is 11.6 Å². The van der Waals surface area contributed by atoms with E-state index in [9.17, 15) is 4.79 Å². The van der Waals surface area contributed by atoms with Gasteiger partial charge in [-0.3, -0.25) is 9.69 Å². The van der Waals surface area contributed by atoms with Crippen molar-refractivity contribution in [3.05, 3.63) is 75.8 Å². The predicted molar refractivity (Wildman–Crippen MR) is 162 cm³/mol. The van der Waals surface area contributed by atoms with Gasteiger partial charge in [-0.25, -0.2) is 9.67 Å². The second kappa shape index (κ2) is 11.9. The van der Waals surface area contributed by atoms with Crippen molar-refractivity contribution >= 4 is 28.6 Å². The third-order valence-corrected chi connectivity index (χ3v) is 9.39. The maximum Gasteiger partial charge on any atom is 0.312 e. The number of hydrogen-bond acceptors (Lipinski definition) is 6. The summed E-state index contributed by atoms with van der Waals surface area (Å²) in [6.07, 6.45) is 7.66. The van der Waals surface area contributed by atoms with E-state index in [0.29, 0.717) is 11.6 Å². The van der Waals surface area contributed by atoms with Crippen molar-refractivity contribution < 1.29 is 9.53 Å². The highest BCUT2D eigenvalue weighted by atomic mass is 35.5. The number of aromatic nitrogens is 5. The van der Waals surface area contributed by atoms with E-state index in [-0.39, 0.29) is 11.9 Å². The third-order valence-electron chi connectivity index (χ3n) is 9.02. The van der Waals surface area contributed by atoms with Crippen LogP contribution in [0.5, 0.6) is 0 Å². The van der Waals surface area contributed by atoms with Gasteiger partial charge in [0.15, 0.2) is 0 Å². The number of fused-ring (bicyclic) bond motifs is 1. The van der Waals surface area contributed by atoms with Crippen LogP contribution in [0.1, 0.15) is 74.0 Å². The maximum atomic E-state index is 13.2. The van der Waals surface area contributed by atoms with Crippen LogP contribution in [0.4, 0.5) is 0 Å². The molecule has 9 heteroatoms. The molecule has 0 aliphatic carbocycles. The second-order valence-corrected chi connectivity index (χ2v) is 12.4. The molecular formula is C32H41ClN6O2.